The van der Waals surface area contributed by atoms with E-state index in [1.165, 1.54) is 11.3 Å². The van der Waals surface area contributed by atoms with E-state index < -0.39 is 5.91 Å². The number of benzene rings is 1. The minimum Gasteiger partial charge on any atom is -0.481 e. The lowest BCUT2D eigenvalue weighted by atomic mass is 10.1. The first-order valence-electron chi connectivity index (χ1n) is 8.73. The van der Waals surface area contributed by atoms with Gasteiger partial charge < -0.3 is 15.4 Å². The van der Waals surface area contributed by atoms with Crippen LogP contribution in [-0.2, 0) is 0 Å². The Kier molecular flexibility index (Phi) is 4.53. The average Bonchev–Trinajstić information content (AvgIpc) is 3.35. The number of thiophene rings is 1. The van der Waals surface area contributed by atoms with Gasteiger partial charge in [-0.05, 0) is 31.0 Å². The van der Waals surface area contributed by atoms with E-state index in [4.69, 9.17) is 10.5 Å². The summed E-state index contributed by atoms with van der Waals surface area (Å²) in [5, 5.41) is 0.804. The van der Waals surface area contributed by atoms with Gasteiger partial charge in [0.1, 0.15) is 0 Å². The molecule has 3 heterocycles. The largest absolute Gasteiger partial charge is 0.481 e. The summed E-state index contributed by atoms with van der Waals surface area (Å²) in [6.07, 6.45) is 1.78. The molecule has 0 spiro atoms. The molecule has 27 heavy (non-hydrogen) atoms. The van der Waals surface area contributed by atoms with Gasteiger partial charge in [-0.1, -0.05) is 18.2 Å². The number of hydrogen-bond donors (Lipinski definition) is 1. The molecule has 1 aliphatic heterocycles. The van der Waals surface area contributed by atoms with Crippen LogP contribution in [0.4, 0.5) is 0 Å². The molecule has 6 nitrogen and oxygen atoms in total. The number of methoxy groups -OCH3 is 1. The molecule has 0 aliphatic carbocycles. The third-order valence-electron chi connectivity index (χ3n) is 4.84. The lowest BCUT2D eigenvalue weighted by molar-refractivity contribution is 0.0739. The molecular formula is C20H19N3O3S. The lowest BCUT2D eigenvalue weighted by Crippen LogP contribution is -2.30. The van der Waals surface area contributed by atoms with Crippen molar-refractivity contribution in [3.8, 4) is 5.88 Å². The van der Waals surface area contributed by atoms with Gasteiger partial charge in [0.15, 0.2) is 0 Å². The van der Waals surface area contributed by atoms with Crippen molar-refractivity contribution in [3.63, 3.8) is 0 Å². The first-order valence-corrected chi connectivity index (χ1v) is 9.54. The standard InChI is InChI=1S/C20H19N3O3S/c1-26-18-11-13(12-5-2-3-6-14(12)22-18)20(25)23-10-4-7-15(23)16-8-9-17(27-16)19(21)24/h2-3,5-6,8-9,11,15H,4,7,10H2,1H3,(H2,21,24). The molecule has 1 aliphatic rings. The number of fused-ring (bicyclic) bond motifs is 1. The van der Waals surface area contributed by atoms with Gasteiger partial charge in [0, 0.05) is 22.9 Å². The molecule has 0 radical (unpaired) electrons. The Bertz CT molecular complexity index is 1030. The SMILES string of the molecule is COc1cc(C(=O)N2CCCC2c2ccc(C(N)=O)s2)c2ccccc2n1. The number of para-hydroxylation sites is 1. The van der Waals surface area contributed by atoms with E-state index >= 15 is 0 Å². The van der Waals surface area contributed by atoms with E-state index in [-0.39, 0.29) is 11.9 Å². The summed E-state index contributed by atoms with van der Waals surface area (Å²) < 4.78 is 5.29. The number of ether oxygens (including phenoxy) is 1. The van der Waals surface area contributed by atoms with Gasteiger partial charge in [-0.3, -0.25) is 9.59 Å². The lowest BCUT2D eigenvalue weighted by Gasteiger charge is -2.24. The third kappa shape index (κ3) is 3.14. The number of pyridine rings is 1. The van der Waals surface area contributed by atoms with Crippen molar-refractivity contribution in [1.82, 2.24) is 9.88 Å². The number of nitrogens with zero attached hydrogens (tertiary/aromatic N) is 2. The quantitative estimate of drug-likeness (QED) is 0.751. The maximum Gasteiger partial charge on any atom is 0.258 e. The van der Waals surface area contributed by atoms with E-state index in [1.54, 1.807) is 19.2 Å². The fraction of sp³-hybridized carbons (Fsp3) is 0.250. The minimum atomic E-state index is -0.438. The minimum absolute atomic E-state index is 0.0477. The highest BCUT2D eigenvalue weighted by Gasteiger charge is 2.33. The van der Waals surface area contributed by atoms with Crippen molar-refractivity contribution in [2.75, 3.05) is 13.7 Å². The molecule has 1 atom stereocenters. The Hall–Kier alpha value is -2.93. The molecular weight excluding hydrogens is 362 g/mol. The predicted molar refractivity (Wildman–Crippen MR) is 104 cm³/mol. The van der Waals surface area contributed by atoms with Crippen molar-refractivity contribution < 1.29 is 14.3 Å². The van der Waals surface area contributed by atoms with Crippen LogP contribution < -0.4 is 10.5 Å². The highest BCUT2D eigenvalue weighted by Crippen LogP contribution is 2.37. The molecule has 138 valence electrons. The number of hydrogen-bond acceptors (Lipinski definition) is 5. The van der Waals surface area contributed by atoms with Crippen LogP contribution in [0.2, 0.25) is 0 Å². The monoisotopic (exact) mass is 381 g/mol. The number of carbonyl (C=O) groups excluding carboxylic acids is 2. The highest BCUT2D eigenvalue weighted by atomic mass is 32.1. The molecule has 2 amide bonds. The second-order valence-electron chi connectivity index (χ2n) is 6.45. The second kappa shape index (κ2) is 7.00. The molecule has 1 unspecified atom stereocenters. The Balaban J connectivity index is 1.73. The molecule has 0 bridgehead atoms. The summed E-state index contributed by atoms with van der Waals surface area (Å²) in [5.41, 5.74) is 6.68. The van der Waals surface area contributed by atoms with Crippen molar-refractivity contribution in [1.29, 1.82) is 0 Å². The summed E-state index contributed by atoms with van der Waals surface area (Å²) in [6, 6.07) is 12.8. The van der Waals surface area contributed by atoms with Gasteiger partial charge in [0.05, 0.1) is 29.1 Å². The highest BCUT2D eigenvalue weighted by molar-refractivity contribution is 7.14. The summed E-state index contributed by atoms with van der Waals surface area (Å²) in [7, 11) is 1.54. The molecule has 0 saturated carbocycles. The van der Waals surface area contributed by atoms with Crippen LogP contribution in [0.5, 0.6) is 5.88 Å². The van der Waals surface area contributed by atoms with Crippen LogP contribution >= 0.6 is 11.3 Å². The van der Waals surface area contributed by atoms with Crippen LogP contribution in [0, 0.1) is 0 Å². The fourth-order valence-electron chi connectivity index (χ4n) is 3.56. The van der Waals surface area contributed by atoms with Crippen molar-refractivity contribution in [3.05, 3.63) is 57.8 Å². The molecule has 4 rings (SSSR count). The molecule has 7 heteroatoms. The Labute approximate surface area is 160 Å². The molecule has 2 aromatic heterocycles. The smallest absolute Gasteiger partial charge is 0.258 e. The number of aromatic nitrogens is 1. The van der Waals surface area contributed by atoms with Crippen LogP contribution in [0.1, 0.15) is 43.8 Å². The first kappa shape index (κ1) is 17.5. The van der Waals surface area contributed by atoms with Gasteiger partial charge in [0.25, 0.3) is 11.8 Å². The molecule has 1 fully saturated rings. The van der Waals surface area contributed by atoms with E-state index in [9.17, 15) is 9.59 Å². The number of rotatable bonds is 4. The Morgan fingerprint density at radius 2 is 2.07 bits per heavy atom. The van der Waals surface area contributed by atoms with Crippen molar-refractivity contribution in [2.45, 2.75) is 18.9 Å². The third-order valence-corrected chi connectivity index (χ3v) is 6.04. The number of likely N-dealkylation sites (tertiary alicyclic amines) is 1. The van der Waals surface area contributed by atoms with E-state index in [1.807, 2.05) is 35.2 Å². The normalized spacial score (nSPS) is 16.6. The number of amides is 2. The van der Waals surface area contributed by atoms with Crippen LogP contribution in [0.3, 0.4) is 0 Å². The summed E-state index contributed by atoms with van der Waals surface area (Å²) >= 11 is 1.36. The molecule has 1 saturated heterocycles. The Morgan fingerprint density at radius 1 is 1.26 bits per heavy atom. The van der Waals surface area contributed by atoms with E-state index in [0.29, 0.717) is 22.9 Å². The number of primary amides is 1. The van der Waals surface area contributed by atoms with Crippen LogP contribution in [-0.4, -0.2) is 35.4 Å². The topological polar surface area (TPSA) is 85.5 Å². The van der Waals surface area contributed by atoms with Gasteiger partial charge in [0.2, 0.25) is 5.88 Å². The first-order chi connectivity index (χ1) is 13.1. The van der Waals surface area contributed by atoms with E-state index in [2.05, 4.69) is 4.98 Å². The van der Waals surface area contributed by atoms with Gasteiger partial charge in [-0.2, -0.15) is 0 Å². The second-order valence-corrected chi connectivity index (χ2v) is 7.57. The average molecular weight is 381 g/mol. The van der Waals surface area contributed by atoms with Gasteiger partial charge >= 0.3 is 0 Å². The molecule has 2 N–H and O–H groups in total. The zero-order valence-corrected chi connectivity index (χ0v) is 15.7. The van der Waals surface area contributed by atoms with Gasteiger partial charge in [-0.25, -0.2) is 4.98 Å². The fourth-order valence-corrected chi connectivity index (χ4v) is 4.57. The molecule has 3 aromatic rings. The summed E-state index contributed by atoms with van der Waals surface area (Å²) in [5.74, 6) is -0.0738. The van der Waals surface area contributed by atoms with Gasteiger partial charge in [-0.15, -0.1) is 11.3 Å². The maximum absolute atomic E-state index is 13.4. The van der Waals surface area contributed by atoms with Crippen molar-refractivity contribution in [2.24, 2.45) is 5.73 Å². The summed E-state index contributed by atoms with van der Waals surface area (Å²) in [4.78, 5) is 32.6. The predicted octanol–water partition coefficient (Wildman–Crippen LogP) is 3.38. The van der Waals surface area contributed by atoms with E-state index in [0.717, 1.165) is 28.6 Å². The molecule has 1 aromatic carbocycles. The Morgan fingerprint density at radius 3 is 2.81 bits per heavy atom. The zero-order chi connectivity index (χ0) is 19.0. The number of nitrogens with two attached hydrogens (primary N) is 1. The van der Waals surface area contributed by atoms with Crippen LogP contribution in [0.25, 0.3) is 10.9 Å². The summed E-state index contributed by atoms with van der Waals surface area (Å²) in [6.45, 7) is 0.673. The number of carbonyl (C=O) groups is 2. The zero-order valence-electron chi connectivity index (χ0n) is 14.8. The maximum atomic E-state index is 13.4. The van der Waals surface area contributed by atoms with Crippen molar-refractivity contribution >= 4 is 34.1 Å². The van der Waals surface area contributed by atoms with Crippen LogP contribution in [0.15, 0.2) is 42.5 Å².